The molecule has 4 heteroatoms. The highest BCUT2D eigenvalue weighted by atomic mass is 16.5. The zero-order chi connectivity index (χ0) is 16.1. The van der Waals surface area contributed by atoms with Gasteiger partial charge in [-0.05, 0) is 35.5 Å². The first-order valence-corrected chi connectivity index (χ1v) is 7.64. The maximum Gasteiger partial charge on any atom is 0.335 e. The maximum atomic E-state index is 10.9. The van der Waals surface area contributed by atoms with Gasteiger partial charge in [0.05, 0.1) is 18.3 Å². The zero-order valence-corrected chi connectivity index (χ0v) is 12.8. The van der Waals surface area contributed by atoms with Gasteiger partial charge in [0.2, 0.25) is 0 Å². The molecule has 3 rings (SSSR count). The molecule has 0 amide bonds. The third-order valence-corrected chi connectivity index (χ3v) is 3.90. The first-order valence-electron chi connectivity index (χ1n) is 7.64. The summed E-state index contributed by atoms with van der Waals surface area (Å²) < 4.78 is 5.82. The molecule has 0 unspecified atom stereocenters. The van der Waals surface area contributed by atoms with Crippen molar-refractivity contribution in [2.24, 2.45) is 0 Å². The van der Waals surface area contributed by atoms with Gasteiger partial charge < -0.3 is 14.7 Å². The molecule has 1 fully saturated rings. The molecule has 0 spiro atoms. The van der Waals surface area contributed by atoms with Gasteiger partial charge in [0, 0.05) is 13.1 Å². The molecule has 1 saturated heterocycles. The van der Waals surface area contributed by atoms with E-state index in [1.807, 2.05) is 30.3 Å². The lowest BCUT2D eigenvalue weighted by Gasteiger charge is -2.32. The topological polar surface area (TPSA) is 49.8 Å². The van der Waals surface area contributed by atoms with E-state index < -0.39 is 5.97 Å². The molecule has 1 aliphatic heterocycles. The number of benzene rings is 2. The number of morpholine rings is 1. The molecule has 2 aromatic carbocycles. The van der Waals surface area contributed by atoms with Gasteiger partial charge >= 0.3 is 5.97 Å². The third-order valence-electron chi connectivity index (χ3n) is 3.90. The van der Waals surface area contributed by atoms with Crippen LogP contribution in [0.25, 0.3) is 6.08 Å². The van der Waals surface area contributed by atoms with Crippen LogP contribution >= 0.6 is 0 Å². The molecule has 118 valence electrons. The van der Waals surface area contributed by atoms with Crippen LogP contribution in [-0.2, 0) is 4.74 Å². The molecule has 1 aliphatic rings. The highest BCUT2D eigenvalue weighted by Gasteiger charge is 2.20. The summed E-state index contributed by atoms with van der Waals surface area (Å²) in [6.45, 7) is 2.27. The Morgan fingerprint density at radius 2 is 1.87 bits per heavy atom. The average Bonchev–Trinajstić information content (AvgIpc) is 2.61. The molecular formula is C19H19NO3. The predicted octanol–water partition coefficient (Wildman–Crippen LogP) is 3.43. The van der Waals surface area contributed by atoms with E-state index in [1.54, 1.807) is 12.1 Å². The van der Waals surface area contributed by atoms with Gasteiger partial charge in [-0.2, -0.15) is 0 Å². The van der Waals surface area contributed by atoms with Crippen molar-refractivity contribution in [3.05, 3.63) is 77.5 Å². The monoisotopic (exact) mass is 309 g/mol. The molecule has 0 bridgehead atoms. The lowest BCUT2D eigenvalue weighted by Crippen LogP contribution is -2.34. The lowest BCUT2D eigenvalue weighted by atomic mass is 10.1. The highest BCUT2D eigenvalue weighted by molar-refractivity contribution is 5.87. The molecular weight excluding hydrogens is 290 g/mol. The van der Waals surface area contributed by atoms with Crippen LogP contribution in [-0.4, -0.2) is 35.7 Å². The fraction of sp³-hybridized carbons (Fsp3) is 0.211. The van der Waals surface area contributed by atoms with Crippen LogP contribution in [0.1, 0.15) is 27.6 Å². The number of carbonyl (C=O) groups is 1. The first kappa shape index (κ1) is 15.3. The number of nitrogens with zero attached hydrogens (tertiary/aromatic N) is 1. The van der Waals surface area contributed by atoms with Gasteiger partial charge in [-0.25, -0.2) is 4.79 Å². The van der Waals surface area contributed by atoms with Crippen LogP contribution in [0.5, 0.6) is 0 Å². The van der Waals surface area contributed by atoms with E-state index in [4.69, 9.17) is 9.84 Å². The highest BCUT2D eigenvalue weighted by Crippen LogP contribution is 2.23. The van der Waals surface area contributed by atoms with Crippen LogP contribution in [0.3, 0.4) is 0 Å². The minimum Gasteiger partial charge on any atom is -0.478 e. The summed E-state index contributed by atoms with van der Waals surface area (Å²) in [5, 5.41) is 8.96. The van der Waals surface area contributed by atoms with Crippen molar-refractivity contribution in [1.82, 2.24) is 4.90 Å². The van der Waals surface area contributed by atoms with Crippen molar-refractivity contribution in [3.8, 4) is 0 Å². The summed E-state index contributed by atoms with van der Waals surface area (Å²) >= 11 is 0. The zero-order valence-electron chi connectivity index (χ0n) is 12.8. The second-order valence-corrected chi connectivity index (χ2v) is 5.51. The second-order valence-electron chi connectivity index (χ2n) is 5.51. The number of hydrogen-bond acceptors (Lipinski definition) is 3. The minimum absolute atomic E-state index is 0.0352. The van der Waals surface area contributed by atoms with Crippen LogP contribution in [0, 0.1) is 0 Å². The van der Waals surface area contributed by atoms with Gasteiger partial charge in [-0.3, -0.25) is 0 Å². The van der Waals surface area contributed by atoms with E-state index in [9.17, 15) is 4.79 Å². The standard InChI is InChI=1S/C19H19NO3/c21-19(22)17-8-6-16(7-9-17)18-14-20(12-13-23-18)11-10-15-4-2-1-3-5-15/h1-11,18H,12-14H2,(H,21,22)/t18-/m1/s1. The van der Waals surface area contributed by atoms with Crippen molar-refractivity contribution < 1.29 is 14.6 Å². The van der Waals surface area contributed by atoms with E-state index in [-0.39, 0.29) is 6.10 Å². The second kappa shape index (κ2) is 7.11. The molecule has 1 heterocycles. The van der Waals surface area contributed by atoms with Crippen LogP contribution in [0.4, 0.5) is 0 Å². The molecule has 0 aromatic heterocycles. The van der Waals surface area contributed by atoms with E-state index in [0.717, 1.165) is 18.7 Å². The molecule has 1 atom stereocenters. The van der Waals surface area contributed by atoms with Gasteiger partial charge in [0.15, 0.2) is 0 Å². The number of carboxylic acids is 1. The van der Waals surface area contributed by atoms with E-state index in [0.29, 0.717) is 12.2 Å². The summed E-state index contributed by atoms with van der Waals surface area (Å²) in [5.74, 6) is -0.909. The lowest BCUT2D eigenvalue weighted by molar-refractivity contribution is -0.0135. The number of carboxylic acid groups (broad SMARTS) is 1. The first-order chi connectivity index (χ1) is 11.2. The van der Waals surface area contributed by atoms with E-state index in [1.165, 1.54) is 5.56 Å². The molecule has 23 heavy (non-hydrogen) atoms. The van der Waals surface area contributed by atoms with Crippen LogP contribution in [0.15, 0.2) is 60.8 Å². The average molecular weight is 309 g/mol. The largest absolute Gasteiger partial charge is 0.478 e. The summed E-state index contributed by atoms with van der Waals surface area (Å²) in [7, 11) is 0. The number of hydrogen-bond donors (Lipinski definition) is 1. The third kappa shape index (κ3) is 3.99. The van der Waals surface area contributed by atoms with Gasteiger partial charge in [-0.15, -0.1) is 0 Å². The van der Waals surface area contributed by atoms with Gasteiger partial charge in [0.1, 0.15) is 0 Å². The SMILES string of the molecule is O=C(O)c1ccc([C@H]2CN(C=Cc3ccccc3)CCO2)cc1. The Morgan fingerprint density at radius 3 is 2.57 bits per heavy atom. The Bertz CT molecular complexity index is 680. The fourth-order valence-electron chi connectivity index (χ4n) is 2.60. The Kier molecular flexibility index (Phi) is 4.74. The van der Waals surface area contributed by atoms with Crippen molar-refractivity contribution in [2.75, 3.05) is 19.7 Å². The number of aromatic carboxylic acids is 1. The molecule has 1 N–H and O–H groups in total. The normalized spacial score (nSPS) is 18.3. The molecule has 0 radical (unpaired) electrons. The minimum atomic E-state index is -0.909. The van der Waals surface area contributed by atoms with E-state index in [2.05, 4.69) is 29.3 Å². The van der Waals surface area contributed by atoms with Crippen LogP contribution < -0.4 is 0 Å². The van der Waals surface area contributed by atoms with Crippen LogP contribution in [0.2, 0.25) is 0 Å². The predicted molar refractivity (Wildman–Crippen MR) is 89.1 cm³/mol. The molecule has 0 aliphatic carbocycles. The van der Waals surface area contributed by atoms with Gasteiger partial charge in [0.25, 0.3) is 0 Å². The van der Waals surface area contributed by atoms with E-state index >= 15 is 0 Å². The number of ether oxygens (including phenoxy) is 1. The fourth-order valence-corrected chi connectivity index (χ4v) is 2.60. The Labute approximate surface area is 135 Å². The van der Waals surface area contributed by atoms with Crippen molar-refractivity contribution in [3.63, 3.8) is 0 Å². The number of rotatable bonds is 4. The summed E-state index contributed by atoms with van der Waals surface area (Å²) in [6.07, 6.45) is 4.15. The van der Waals surface area contributed by atoms with Crippen molar-refractivity contribution in [1.29, 1.82) is 0 Å². The molecule has 4 nitrogen and oxygen atoms in total. The summed E-state index contributed by atoms with van der Waals surface area (Å²) in [6, 6.07) is 17.1. The Balaban J connectivity index is 1.66. The van der Waals surface area contributed by atoms with Crippen molar-refractivity contribution in [2.45, 2.75) is 6.10 Å². The smallest absolute Gasteiger partial charge is 0.335 e. The van der Waals surface area contributed by atoms with Crippen molar-refractivity contribution >= 4 is 12.0 Å². The Hall–Kier alpha value is -2.59. The maximum absolute atomic E-state index is 10.9. The molecule has 2 aromatic rings. The summed E-state index contributed by atoms with van der Waals surface area (Å²) in [5.41, 5.74) is 2.47. The quantitative estimate of drug-likeness (QED) is 0.940. The Morgan fingerprint density at radius 1 is 1.13 bits per heavy atom. The molecule has 0 saturated carbocycles. The summed E-state index contributed by atoms with van der Waals surface area (Å²) in [4.78, 5) is 13.1. The van der Waals surface area contributed by atoms with Gasteiger partial charge in [-0.1, -0.05) is 42.5 Å².